The number of carbonyl (C=O) groups is 2. The molecule has 1 atom stereocenters. The Morgan fingerprint density at radius 1 is 1.53 bits per heavy atom. The molecule has 2 heterocycles. The van der Waals surface area contributed by atoms with E-state index in [2.05, 4.69) is 10.2 Å². The number of thioether (sulfide) groups is 1. The van der Waals surface area contributed by atoms with Gasteiger partial charge in [-0.1, -0.05) is 11.3 Å². The van der Waals surface area contributed by atoms with Gasteiger partial charge >= 0.3 is 11.3 Å². The summed E-state index contributed by atoms with van der Waals surface area (Å²) in [7, 11) is 1.70. The summed E-state index contributed by atoms with van der Waals surface area (Å²) in [6, 6.07) is -0.235. The second-order valence-corrected chi connectivity index (χ2v) is 5.89. The van der Waals surface area contributed by atoms with Gasteiger partial charge in [0.15, 0.2) is 6.23 Å². The van der Waals surface area contributed by atoms with Crippen molar-refractivity contribution in [3.8, 4) is 0 Å². The van der Waals surface area contributed by atoms with Gasteiger partial charge < -0.3 is 9.64 Å². The SMILES string of the molecule is CSC(=O)OC1CCN(C)C(=O)N1c1nnc(C)s1. The zero-order valence-electron chi connectivity index (χ0n) is 10.8. The fourth-order valence-electron chi connectivity index (χ4n) is 1.70. The summed E-state index contributed by atoms with van der Waals surface area (Å²) in [6.45, 7) is 2.35. The molecule has 0 aliphatic carbocycles. The van der Waals surface area contributed by atoms with Crippen molar-refractivity contribution in [3.05, 3.63) is 5.01 Å². The summed E-state index contributed by atoms with van der Waals surface area (Å²) in [6.07, 6.45) is 1.57. The number of aromatic nitrogens is 2. The van der Waals surface area contributed by atoms with Crippen LogP contribution in [0, 0.1) is 6.92 Å². The lowest BCUT2D eigenvalue weighted by Gasteiger charge is -2.37. The number of anilines is 1. The standard InChI is InChI=1S/C10H14N4O3S2/c1-6-11-12-8(19-6)14-7(17-10(16)18-3)4-5-13(2)9(14)15/h7H,4-5H2,1-3H3. The molecule has 2 amide bonds. The number of rotatable bonds is 2. The summed E-state index contributed by atoms with van der Waals surface area (Å²) in [5.41, 5.74) is 0. The topological polar surface area (TPSA) is 75.6 Å². The minimum Gasteiger partial charge on any atom is -0.433 e. The van der Waals surface area contributed by atoms with Crippen molar-refractivity contribution >= 4 is 39.6 Å². The molecule has 1 aliphatic rings. The van der Waals surface area contributed by atoms with E-state index in [-0.39, 0.29) is 6.03 Å². The number of urea groups is 1. The molecule has 1 saturated heterocycles. The van der Waals surface area contributed by atoms with Crippen molar-refractivity contribution in [1.29, 1.82) is 0 Å². The van der Waals surface area contributed by atoms with Gasteiger partial charge in [-0.3, -0.25) is 0 Å². The first-order valence-electron chi connectivity index (χ1n) is 5.62. The number of nitrogens with zero attached hydrogens (tertiary/aromatic N) is 4. The molecule has 104 valence electrons. The lowest BCUT2D eigenvalue weighted by Crippen LogP contribution is -2.54. The summed E-state index contributed by atoms with van der Waals surface area (Å²) < 4.78 is 5.28. The first-order valence-corrected chi connectivity index (χ1v) is 7.66. The average Bonchev–Trinajstić information content (AvgIpc) is 2.80. The third-order valence-corrected chi connectivity index (χ3v) is 3.92. The molecule has 19 heavy (non-hydrogen) atoms. The summed E-state index contributed by atoms with van der Waals surface area (Å²) in [5, 5.41) is 8.65. The van der Waals surface area contributed by atoms with E-state index in [1.807, 2.05) is 6.92 Å². The zero-order valence-corrected chi connectivity index (χ0v) is 12.5. The molecular weight excluding hydrogens is 288 g/mol. The molecular formula is C10H14N4O3S2. The van der Waals surface area contributed by atoms with Gasteiger partial charge in [0.1, 0.15) is 5.01 Å². The first-order chi connectivity index (χ1) is 9.02. The zero-order chi connectivity index (χ0) is 14.0. The molecule has 0 radical (unpaired) electrons. The maximum atomic E-state index is 12.2. The van der Waals surface area contributed by atoms with Crippen LogP contribution in [0.25, 0.3) is 0 Å². The lowest BCUT2D eigenvalue weighted by molar-refractivity contribution is 0.0928. The Hall–Kier alpha value is -1.35. The molecule has 0 spiro atoms. The number of amides is 2. The first kappa shape index (κ1) is 14.1. The molecule has 0 bridgehead atoms. The minimum absolute atomic E-state index is 0.235. The van der Waals surface area contributed by atoms with Crippen LogP contribution in [-0.2, 0) is 4.74 Å². The fourth-order valence-corrected chi connectivity index (χ4v) is 2.62. The number of hydrogen-bond donors (Lipinski definition) is 0. The summed E-state index contributed by atoms with van der Waals surface area (Å²) in [5.74, 6) is 0. The molecule has 1 unspecified atom stereocenters. The molecule has 0 aromatic carbocycles. The molecule has 7 nitrogen and oxygen atoms in total. The third-order valence-electron chi connectivity index (χ3n) is 2.65. The van der Waals surface area contributed by atoms with Crippen LogP contribution in [-0.4, -0.2) is 52.5 Å². The van der Waals surface area contributed by atoms with E-state index in [1.165, 1.54) is 16.2 Å². The van der Waals surface area contributed by atoms with Gasteiger partial charge in [0.25, 0.3) is 0 Å². The van der Waals surface area contributed by atoms with Crippen molar-refractivity contribution < 1.29 is 14.3 Å². The lowest BCUT2D eigenvalue weighted by atomic mass is 10.3. The number of carbonyl (C=O) groups excluding carboxylic acids is 2. The average molecular weight is 302 g/mol. The van der Waals surface area contributed by atoms with Crippen LogP contribution in [0.4, 0.5) is 14.7 Å². The van der Waals surface area contributed by atoms with E-state index in [1.54, 1.807) is 18.2 Å². The van der Waals surface area contributed by atoms with Crippen LogP contribution < -0.4 is 4.90 Å². The van der Waals surface area contributed by atoms with Gasteiger partial charge in [-0.05, 0) is 24.9 Å². The Labute approximate surface area is 118 Å². The van der Waals surface area contributed by atoms with Crippen LogP contribution in [0.1, 0.15) is 11.4 Å². The largest absolute Gasteiger partial charge is 0.433 e. The monoisotopic (exact) mass is 302 g/mol. The predicted octanol–water partition coefficient (Wildman–Crippen LogP) is 1.93. The smallest absolute Gasteiger partial charge is 0.368 e. The highest BCUT2D eigenvalue weighted by molar-refractivity contribution is 8.12. The number of hydrogen-bond acceptors (Lipinski definition) is 7. The van der Waals surface area contributed by atoms with E-state index >= 15 is 0 Å². The Morgan fingerprint density at radius 2 is 2.26 bits per heavy atom. The van der Waals surface area contributed by atoms with Crippen molar-refractivity contribution in [2.45, 2.75) is 19.6 Å². The van der Waals surface area contributed by atoms with E-state index in [4.69, 9.17) is 4.74 Å². The maximum Gasteiger partial charge on any atom is 0.368 e. The van der Waals surface area contributed by atoms with Crippen molar-refractivity contribution in [3.63, 3.8) is 0 Å². The van der Waals surface area contributed by atoms with Crippen LogP contribution in [0.5, 0.6) is 0 Å². The van der Waals surface area contributed by atoms with Crippen LogP contribution >= 0.6 is 23.1 Å². The summed E-state index contributed by atoms with van der Waals surface area (Å²) in [4.78, 5) is 26.6. The van der Waals surface area contributed by atoms with Gasteiger partial charge in [0.2, 0.25) is 5.13 Å². The summed E-state index contributed by atoms with van der Waals surface area (Å²) >= 11 is 2.27. The Kier molecular flexibility index (Phi) is 4.25. The molecule has 1 fully saturated rings. The molecule has 2 rings (SSSR count). The molecule has 1 aliphatic heterocycles. The van der Waals surface area contributed by atoms with E-state index in [9.17, 15) is 9.59 Å². The third kappa shape index (κ3) is 2.98. The van der Waals surface area contributed by atoms with Crippen LogP contribution in [0.15, 0.2) is 0 Å². The molecule has 1 aromatic rings. The molecule has 0 saturated carbocycles. The number of aryl methyl sites for hydroxylation is 1. The second-order valence-electron chi connectivity index (χ2n) is 3.99. The molecule has 0 N–H and O–H groups in total. The Balaban J connectivity index is 2.25. The van der Waals surface area contributed by atoms with Gasteiger partial charge in [0, 0.05) is 20.0 Å². The van der Waals surface area contributed by atoms with Crippen LogP contribution in [0.2, 0.25) is 0 Å². The highest BCUT2D eigenvalue weighted by atomic mass is 32.2. The van der Waals surface area contributed by atoms with Gasteiger partial charge in [-0.15, -0.1) is 10.2 Å². The van der Waals surface area contributed by atoms with Crippen molar-refractivity contribution in [2.24, 2.45) is 0 Å². The Bertz CT molecular complexity index is 493. The van der Waals surface area contributed by atoms with Crippen molar-refractivity contribution in [1.82, 2.24) is 15.1 Å². The Morgan fingerprint density at radius 3 is 2.84 bits per heavy atom. The number of ether oxygens (including phenoxy) is 1. The van der Waals surface area contributed by atoms with Crippen LogP contribution in [0.3, 0.4) is 0 Å². The van der Waals surface area contributed by atoms with E-state index in [0.717, 1.165) is 16.8 Å². The molecule has 1 aromatic heterocycles. The highest BCUT2D eigenvalue weighted by Crippen LogP contribution is 2.28. The van der Waals surface area contributed by atoms with Crippen molar-refractivity contribution in [2.75, 3.05) is 24.7 Å². The minimum atomic E-state index is -0.615. The van der Waals surface area contributed by atoms with Gasteiger partial charge in [-0.2, -0.15) is 0 Å². The maximum absolute atomic E-state index is 12.2. The van der Waals surface area contributed by atoms with E-state index in [0.29, 0.717) is 18.1 Å². The van der Waals surface area contributed by atoms with Gasteiger partial charge in [0.05, 0.1) is 0 Å². The predicted molar refractivity (Wildman–Crippen MR) is 73.6 cm³/mol. The fraction of sp³-hybridized carbons (Fsp3) is 0.600. The molecule has 9 heteroatoms. The van der Waals surface area contributed by atoms with Gasteiger partial charge in [-0.25, -0.2) is 14.5 Å². The quantitative estimate of drug-likeness (QED) is 0.777. The highest BCUT2D eigenvalue weighted by Gasteiger charge is 2.37. The second kappa shape index (κ2) is 5.74. The normalized spacial score (nSPS) is 19.7. The van der Waals surface area contributed by atoms with E-state index < -0.39 is 11.5 Å².